The number of aromatic nitrogens is 3. The Labute approximate surface area is 95.9 Å². The van der Waals surface area contributed by atoms with Crippen LogP contribution in [0.3, 0.4) is 0 Å². The van der Waals surface area contributed by atoms with Gasteiger partial charge in [0.05, 0.1) is 5.69 Å². The zero-order valence-electron chi connectivity index (χ0n) is 9.85. The van der Waals surface area contributed by atoms with Gasteiger partial charge in [-0.3, -0.25) is 9.67 Å². The summed E-state index contributed by atoms with van der Waals surface area (Å²) in [7, 11) is 0. The molecule has 0 bridgehead atoms. The van der Waals surface area contributed by atoms with E-state index in [9.17, 15) is 0 Å². The molecule has 0 fully saturated rings. The smallest absolute Gasteiger partial charge is 0.0700 e. The predicted molar refractivity (Wildman–Crippen MR) is 65.5 cm³/mol. The zero-order valence-corrected chi connectivity index (χ0v) is 9.85. The zero-order chi connectivity index (χ0) is 10.7. The molecule has 86 valence electrons. The monoisotopic (exact) mass is 218 g/mol. The van der Waals surface area contributed by atoms with Crippen LogP contribution in [-0.2, 0) is 13.0 Å². The Balaban J connectivity index is 0.00000128. The molecule has 0 saturated heterocycles. The third kappa shape index (κ3) is 2.28. The molecule has 2 rings (SSSR count). The van der Waals surface area contributed by atoms with Crippen molar-refractivity contribution in [3.8, 4) is 11.1 Å². The van der Waals surface area contributed by atoms with Gasteiger partial charge in [-0.1, -0.05) is 6.92 Å². The minimum Gasteiger partial charge on any atom is -0.344 e. The van der Waals surface area contributed by atoms with Crippen molar-refractivity contribution < 1.29 is 0 Å². The minimum atomic E-state index is 0. The van der Waals surface area contributed by atoms with Crippen molar-refractivity contribution in [1.82, 2.24) is 20.9 Å². The molecule has 0 saturated carbocycles. The molecule has 0 radical (unpaired) electrons. The summed E-state index contributed by atoms with van der Waals surface area (Å²) in [6.45, 7) is 5.15. The number of rotatable bonds is 3. The summed E-state index contributed by atoms with van der Waals surface area (Å²) in [5.41, 5.74) is 3.58. The Bertz CT molecular complexity index is 434. The first-order valence-electron chi connectivity index (χ1n) is 5.31. The van der Waals surface area contributed by atoms with Gasteiger partial charge in [-0.25, -0.2) is 0 Å². The molecule has 0 atom stereocenters. The lowest BCUT2D eigenvalue weighted by atomic mass is 10.1. The molecule has 0 amide bonds. The van der Waals surface area contributed by atoms with Crippen LogP contribution >= 0.6 is 0 Å². The van der Waals surface area contributed by atoms with E-state index in [-0.39, 0.29) is 6.15 Å². The Kier molecular flexibility index (Phi) is 4.19. The number of hydrogen-bond acceptors (Lipinski definition) is 3. The molecular weight excluding hydrogens is 200 g/mol. The van der Waals surface area contributed by atoms with E-state index in [4.69, 9.17) is 0 Å². The number of pyridine rings is 1. The Morgan fingerprint density at radius 2 is 1.88 bits per heavy atom. The molecule has 0 aliphatic carbocycles. The molecule has 16 heavy (non-hydrogen) atoms. The Morgan fingerprint density at radius 1 is 1.19 bits per heavy atom. The lowest BCUT2D eigenvalue weighted by molar-refractivity contribution is 0.648. The molecule has 2 aromatic heterocycles. The average Bonchev–Trinajstić information content (AvgIpc) is 2.73. The highest BCUT2D eigenvalue weighted by Crippen LogP contribution is 2.22. The Morgan fingerprint density at radius 3 is 2.44 bits per heavy atom. The van der Waals surface area contributed by atoms with Crippen LogP contribution in [-0.4, -0.2) is 14.8 Å². The van der Waals surface area contributed by atoms with E-state index in [2.05, 4.69) is 30.1 Å². The molecule has 4 nitrogen and oxygen atoms in total. The van der Waals surface area contributed by atoms with Crippen LogP contribution in [0.25, 0.3) is 11.1 Å². The largest absolute Gasteiger partial charge is 0.344 e. The molecule has 0 aliphatic heterocycles. The van der Waals surface area contributed by atoms with Crippen LogP contribution in [0.4, 0.5) is 0 Å². The highest BCUT2D eigenvalue weighted by atomic mass is 15.3. The van der Waals surface area contributed by atoms with Crippen LogP contribution in [0.2, 0.25) is 0 Å². The fourth-order valence-corrected chi connectivity index (χ4v) is 1.66. The molecule has 4 heteroatoms. The molecule has 3 N–H and O–H groups in total. The normalized spacial score (nSPS) is 9.88. The van der Waals surface area contributed by atoms with Crippen molar-refractivity contribution in [2.24, 2.45) is 0 Å². The molecule has 2 aromatic rings. The highest BCUT2D eigenvalue weighted by molar-refractivity contribution is 5.64. The van der Waals surface area contributed by atoms with Gasteiger partial charge < -0.3 is 6.15 Å². The van der Waals surface area contributed by atoms with Gasteiger partial charge in [0.2, 0.25) is 0 Å². The van der Waals surface area contributed by atoms with Gasteiger partial charge in [0, 0.05) is 30.7 Å². The van der Waals surface area contributed by atoms with Crippen molar-refractivity contribution in [2.75, 3.05) is 0 Å². The fraction of sp³-hybridized carbons (Fsp3) is 0.333. The summed E-state index contributed by atoms with van der Waals surface area (Å²) in [6.07, 6.45) is 6.70. The number of hydrogen-bond donors (Lipinski definition) is 1. The third-order valence-electron chi connectivity index (χ3n) is 2.49. The van der Waals surface area contributed by atoms with E-state index in [0.29, 0.717) is 0 Å². The summed E-state index contributed by atoms with van der Waals surface area (Å²) in [5.74, 6) is 0. The molecule has 0 aliphatic rings. The van der Waals surface area contributed by atoms with Crippen molar-refractivity contribution >= 4 is 0 Å². The van der Waals surface area contributed by atoms with E-state index < -0.39 is 0 Å². The fourth-order valence-electron chi connectivity index (χ4n) is 1.66. The van der Waals surface area contributed by atoms with E-state index in [0.717, 1.165) is 18.7 Å². The SMILES string of the molecule is CCc1nn(CC)cc1-c1ccncc1.N. The summed E-state index contributed by atoms with van der Waals surface area (Å²) in [4.78, 5) is 4.03. The maximum atomic E-state index is 4.52. The third-order valence-corrected chi connectivity index (χ3v) is 2.49. The lowest BCUT2D eigenvalue weighted by Gasteiger charge is -1.98. The van der Waals surface area contributed by atoms with E-state index >= 15 is 0 Å². The van der Waals surface area contributed by atoms with Crippen molar-refractivity contribution in [3.05, 3.63) is 36.4 Å². The van der Waals surface area contributed by atoms with Crippen molar-refractivity contribution in [3.63, 3.8) is 0 Å². The highest BCUT2D eigenvalue weighted by Gasteiger charge is 2.07. The Hall–Kier alpha value is -1.68. The number of nitrogens with zero attached hydrogens (tertiary/aromatic N) is 3. The van der Waals surface area contributed by atoms with Crippen LogP contribution in [0.15, 0.2) is 30.7 Å². The standard InChI is InChI=1S/C12H15N3.H3N/c1-3-12-11(9-15(4-2)14-12)10-5-7-13-8-6-10;/h5-9H,3-4H2,1-2H3;1H3. The molecule has 2 heterocycles. The van der Waals surface area contributed by atoms with Gasteiger partial charge in [0.25, 0.3) is 0 Å². The first-order valence-corrected chi connectivity index (χ1v) is 5.31. The second-order valence-electron chi connectivity index (χ2n) is 3.43. The summed E-state index contributed by atoms with van der Waals surface area (Å²) >= 11 is 0. The van der Waals surface area contributed by atoms with Gasteiger partial charge in [-0.2, -0.15) is 5.10 Å². The molecule has 0 aromatic carbocycles. The van der Waals surface area contributed by atoms with Gasteiger partial charge in [0.15, 0.2) is 0 Å². The van der Waals surface area contributed by atoms with Gasteiger partial charge in [-0.05, 0) is 31.0 Å². The maximum absolute atomic E-state index is 4.52. The maximum Gasteiger partial charge on any atom is 0.0700 e. The van der Waals surface area contributed by atoms with E-state index in [1.165, 1.54) is 11.1 Å². The lowest BCUT2D eigenvalue weighted by Crippen LogP contribution is -1.94. The summed E-state index contributed by atoms with van der Waals surface area (Å²) in [5, 5.41) is 4.52. The van der Waals surface area contributed by atoms with Crippen LogP contribution in [0.5, 0.6) is 0 Å². The van der Waals surface area contributed by atoms with E-state index in [1.807, 2.05) is 29.2 Å². The minimum absolute atomic E-state index is 0. The van der Waals surface area contributed by atoms with Gasteiger partial charge >= 0.3 is 0 Å². The predicted octanol–water partition coefficient (Wildman–Crippen LogP) is 2.69. The summed E-state index contributed by atoms with van der Waals surface area (Å²) < 4.78 is 1.98. The van der Waals surface area contributed by atoms with Crippen LogP contribution in [0, 0.1) is 0 Å². The van der Waals surface area contributed by atoms with Crippen molar-refractivity contribution in [2.45, 2.75) is 26.8 Å². The first kappa shape index (κ1) is 12.4. The molecule has 0 unspecified atom stereocenters. The molecule has 0 spiro atoms. The van der Waals surface area contributed by atoms with Gasteiger partial charge in [0.1, 0.15) is 0 Å². The number of aryl methyl sites for hydroxylation is 2. The second kappa shape index (κ2) is 5.42. The molecular formula is C12H18N4. The topological polar surface area (TPSA) is 65.7 Å². The van der Waals surface area contributed by atoms with Crippen LogP contribution in [0.1, 0.15) is 19.5 Å². The first-order chi connectivity index (χ1) is 7.35. The summed E-state index contributed by atoms with van der Waals surface area (Å²) in [6, 6.07) is 4.05. The van der Waals surface area contributed by atoms with Gasteiger partial charge in [-0.15, -0.1) is 0 Å². The second-order valence-corrected chi connectivity index (χ2v) is 3.43. The van der Waals surface area contributed by atoms with Crippen molar-refractivity contribution in [1.29, 1.82) is 0 Å². The van der Waals surface area contributed by atoms with Crippen LogP contribution < -0.4 is 6.15 Å². The quantitative estimate of drug-likeness (QED) is 0.861. The van der Waals surface area contributed by atoms with E-state index in [1.54, 1.807) is 0 Å². The average molecular weight is 218 g/mol.